The average Bonchev–Trinajstić information content (AvgIpc) is 2.32. The maximum absolute atomic E-state index is 13.0. The van der Waals surface area contributed by atoms with Gasteiger partial charge in [0.1, 0.15) is 4.90 Å². The highest BCUT2D eigenvalue weighted by Crippen LogP contribution is 2.66. The number of rotatable bonds is 3. The van der Waals surface area contributed by atoms with Gasteiger partial charge in [0, 0.05) is 5.54 Å². The smallest absolute Gasteiger partial charge is 0.207 e. The minimum absolute atomic E-state index is 0.202. The number of nitrogens with one attached hydrogen (secondary N) is 1. The third kappa shape index (κ3) is 2.63. The van der Waals surface area contributed by atoms with Gasteiger partial charge in [-0.2, -0.15) is 0 Å². The van der Waals surface area contributed by atoms with Crippen LogP contribution < -0.4 is 4.72 Å². The summed E-state index contributed by atoms with van der Waals surface area (Å²) in [5.41, 5.74) is 0.259. The van der Waals surface area contributed by atoms with Gasteiger partial charge in [-0.15, -0.1) is 0 Å². The molecule has 4 fully saturated rings. The number of hydrogen-bond donors (Lipinski definition) is 1. The van der Waals surface area contributed by atoms with E-state index in [1.54, 1.807) is 24.3 Å². The second-order valence-electron chi connectivity index (χ2n) is 8.95. The van der Waals surface area contributed by atoms with E-state index in [0.29, 0.717) is 10.9 Å². The van der Waals surface area contributed by atoms with Crippen molar-refractivity contribution in [1.82, 2.24) is 4.72 Å². The molecular formula is C18H24ClNO2S. The standard InChI is InChI=1S/C18H24ClNO2S/c1-16-7-13-8-17(2,10-16)12-18(9-13,11-16)20-23(21,22)15-6-4-3-5-14(15)19/h3-6,13,20H,7-12H2,1-2H3. The van der Waals surface area contributed by atoms with E-state index in [1.807, 2.05) is 0 Å². The topological polar surface area (TPSA) is 46.2 Å². The first kappa shape index (κ1) is 15.9. The maximum Gasteiger partial charge on any atom is 0.242 e. The first-order valence-electron chi connectivity index (χ1n) is 8.41. The van der Waals surface area contributed by atoms with E-state index >= 15 is 0 Å². The molecule has 0 radical (unpaired) electrons. The second kappa shape index (κ2) is 4.74. The first-order valence-corrected chi connectivity index (χ1v) is 10.3. The molecule has 126 valence electrons. The fourth-order valence-electron chi connectivity index (χ4n) is 6.56. The number of halogens is 1. The van der Waals surface area contributed by atoms with E-state index in [1.165, 1.54) is 19.3 Å². The Morgan fingerprint density at radius 1 is 1.04 bits per heavy atom. The van der Waals surface area contributed by atoms with Crippen molar-refractivity contribution in [3.05, 3.63) is 29.3 Å². The summed E-state index contributed by atoms with van der Waals surface area (Å²) in [6, 6.07) is 6.71. The van der Waals surface area contributed by atoms with Crippen LogP contribution in [-0.4, -0.2) is 14.0 Å². The van der Waals surface area contributed by atoms with Crippen LogP contribution in [0.2, 0.25) is 5.02 Å². The van der Waals surface area contributed by atoms with Crippen molar-refractivity contribution in [1.29, 1.82) is 0 Å². The molecular weight excluding hydrogens is 330 g/mol. The molecule has 0 heterocycles. The van der Waals surface area contributed by atoms with E-state index in [2.05, 4.69) is 18.6 Å². The Balaban J connectivity index is 1.70. The highest BCUT2D eigenvalue weighted by molar-refractivity contribution is 7.89. The lowest BCUT2D eigenvalue weighted by Gasteiger charge is -2.65. The molecule has 3 nitrogen and oxygen atoms in total. The fourth-order valence-corrected chi connectivity index (χ4v) is 8.49. The molecule has 1 aromatic carbocycles. The van der Waals surface area contributed by atoms with Crippen LogP contribution in [0.4, 0.5) is 0 Å². The van der Waals surface area contributed by atoms with Crippen molar-refractivity contribution in [2.75, 3.05) is 0 Å². The molecule has 4 aliphatic carbocycles. The Labute approximate surface area is 143 Å². The highest BCUT2D eigenvalue weighted by atomic mass is 35.5. The van der Waals surface area contributed by atoms with Crippen LogP contribution in [0.3, 0.4) is 0 Å². The molecule has 5 rings (SSSR count). The predicted octanol–water partition coefficient (Wildman–Crippen LogP) is 4.37. The summed E-state index contributed by atoms with van der Waals surface area (Å²) < 4.78 is 29.0. The van der Waals surface area contributed by atoms with Crippen LogP contribution in [0.15, 0.2) is 29.2 Å². The van der Waals surface area contributed by atoms with Gasteiger partial charge in [0.05, 0.1) is 5.02 Å². The summed E-state index contributed by atoms with van der Waals surface area (Å²) in [5.74, 6) is 0.648. The van der Waals surface area contributed by atoms with E-state index in [4.69, 9.17) is 11.6 Å². The Kier molecular flexibility index (Phi) is 3.28. The van der Waals surface area contributed by atoms with Gasteiger partial charge in [0.2, 0.25) is 10.0 Å². The molecule has 2 atom stereocenters. The summed E-state index contributed by atoms with van der Waals surface area (Å²) in [4.78, 5) is 0.202. The van der Waals surface area contributed by atoms with Crippen LogP contribution >= 0.6 is 11.6 Å². The lowest BCUT2D eigenvalue weighted by atomic mass is 9.43. The Morgan fingerprint density at radius 3 is 2.22 bits per heavy atom. The molecule has 4 saturated carbocycles. The molecule has 0 spiro atoms. The van der Waals surface area contributed by atoms with Crippen LogP contribution in [-0.2, 0) is 10.0 Å². The summed E-state index contributed by atoms with van der Waals surface area (Å²) in [6.07, 6.45) is 6.61. The molecule has 1 aromatic rings. The molecule has 0 saturated heterocycles. The lowest BCUT2D eigenvalue weighted by Crippen LogP contribution is -2.65. The molecule has 4 bridgehead atoms. The number of hydrogen-bond acceptors (Lipinski definition) is 2. The summed E-state index contributed by atoms with van der Waals surface area (Å²) in [7, 11) is -3.59. The van der Waals surface area contributed by atoms with E-state index in [0.717, 1.165) is 19.3 Å². The molecule has 0 aromatic heterocycles. The van der Waals surface area contributed by atoms with Gasteiger partial charge < -0.3 is 0 Å². The zero-order valence-corrected chi connectivity index (χ0v) is 15.3. The van der Waals surface area contributed by atoms with Gasteiger partial charge in [-0.1, -0.05) is 37.6 Å². The SMILES string of the molecule is CC12CC3CC(C)(C1)CC(NS(=O)(=O)c1ccccc1Cl)(C3)C2. The summed E-state index contributed by atoms with van der Waals surface area (Å²) >= 11 is 6.13. The highest BCUT2D eigenvalue weighted by Gasteiger charge is 2.61. The average molecular weight is 354 g/mol. The van der Waals surface area contributed by atoms with E-state index in [-0.39, 0.29) is 21.3 Å². The first-order chi connectivity index (χ1) is 10.6. The summed E-state index contributed by atoms with van der Waals surface area (Å²) in [6.45, 7) is 4.68. The minimum atomic E-state index is -3.59. The Morgan fingerprint density at radius 2 is 1.65 bits per heavy atom. The Hall–Kier alpha value is -0.580. The van der Waals surface area contributed by atoms with Gasteiger partial charge in [-0.25, -0.2) is 13.1 Å². The third-order valence-electron chi connectivity index (χ3n) is 6.10. The molecule has 0 amide bonds. The van der Waals surface area contributed by atoms with Gasteiger partial charge in [-0.3, -0.25) is 0 Å². The molecule has 0 aliphatic heterocycles. The van der Waals surface area contributed by atoms with Crippen LogP contribution in [0, 0.1) is 16.7 Å². The van der Waals surface area contributed by atoms with Crippen molar-refractivity contribution in [3.8, 4) is 0 Å². The zero-order chi connectivity index (χ0) is 16.5. The van der Waals surface area contributed by atoms with Gasteiger partial charge in [0.15, 0.2) is 0 Å². The van der Waals surface area contributed by atoms with Crippen molar-refractivity contribution in [3.63, 3.8) is 0 Å². The Bertz CT molecular complexity index is 742. The van der Waals surface area contributed by atoms with E-state index < -0.39 is 10.0 Å². The van der Waals surface area contributed by atoms with Gasteiger partial charge in [-0.05, 0) is 67.4 Å². The molecule has 2 unspecified atom stereocenters. The number of benzene rings is 1. The van der Waals surface area contributed by atoms with Crippen molar-refractivity contribution in [2.45, 2.75) is 62.8 Å². The largest absolute Gasteiger partial charge is 0.242 e. The quantitative estimate of drug-likeness (QED) is 0.877. The van der Waals surface area contributed by atoms with Crippen molar-refractivity contribution >= 4 is 21.6 Å². The minimum Gasteiger partial charge on any atom is -0.207 e. The van der Waals surface area contributed by atoms with Gasteiger partial charge in [0.25, 0.3) is 0 Å². The predicted molar refractivity (Wildman–Crippen MR) is 91.9 cm³/mol. The van der Waals surface area contributed by atoms with Gasteiger partial charge >= 0.3 is 0 Å². The fraction of sp³-hybridized carbons (Fsp3) is 0.667. The van der Waals surface area contributed by atoms with Crippen LogP contribution in [0.5, 0.6) is 0 Å². The normalized spacial score (nSPS) is 42.1. The zero-order valence-electron chi connectivity index (χ0n) is 13.7. The molecule has 1 N–H and O–H groups in total. The maximum atomic E-state index is 13.0. The van der Waals surface area contributed by atoms with Crippen molar-refractivity contribution < 1.29 is 8.42 Å². The molecule has 23 heavy (non-hydrogen) atoms. The van der Waals surface area contributed by atoms with E-state index in [9.17, 15) is 8.42 Å². The van der Waals surface area contributed by atoms with Crippen molar-refractivity contribution in [2.24, 2.45) is 16.7 Å². The lowest BCUT2D eigenvalue weighted by molar-refractivity contribution is -0.110. The molecule has 4 aliphatic rings. The third-order valence-corrected chi connectivity index (χ3v) is 8.18. The monoisotopic (exact) mass is 353 g/mol. The van der Waals surface area contributed by atoms with Crippen LogP contribution in [0.25, 0.3) is 0 Å². The van der Waals surface area contributed by atoms with Crippen LogP contribution in [0.1, 0.15) is 52.4 Å². The summed E-state index contributed by atoms with van der Waals surface area (Å²) in [5, 5.41) is 0.294. The second-order valence-corrected chi connectivity index (χ2v) is 11.0. The number of sulfonamides is 1. The molecule has 5 heteroatoms.